The van der Waals surface area contributed by atoms with Crippen LogP contribution in [0.3, 0.4) is 0 Å². The normalized spacial score (nSPS) is 10.2. The molecule has 1 heterocycles. The number of nitrogens with one attached hydrogen (secondary N) is 1. The van der Waals surface area contributed by atoms with Crippen molar-refractivity contribution in [1.82, 2.24) is 14.8 Å². The maximum atomic E-state index is 13.5. The van der Waals surface area contributed by atoms with E-state index in [4.69, 9.17) is 5.73 Å². The van der Waals surface area contributed by atoms with E-state index in [0.29, 0.717) is 23.0 Å². The van der Waals surface area contributed by atoms with Gasteiger partial charge in [0, 0.05) is 17.9 Å². The van der Waals surface area contributed by atoms with Gasteiger partial charge in [-0.15, -0.1) is 5.10 Å². The summed E-state index contributed by atoms with van der Waals surface area (Å²) in [5, 5.41) is 6.93. The fourth-order valence-electron chi connectivity index (χ4n) is 1.80. The lowest BCUT2D eigenvalue weighted by molar-refractivity contribution is 0.626. The van der Waals surface area contributed by atoms with Gasteiger partial charge in [-0.3, -0.25) is 4.57 Å². The van der Waals surface area contributed by atoms with Crippen molar-refractivity contribution < 1.29 is 4.39 Å². The molecule has 0 aliphatic heterocycles. The first kappa shape index (κ1) is 15.4. The summed E-state index contributed by atoms with van der Waals surface area (Å²) in [7, 11) is 0. The Balaban J connectivity index is 2.16. The summed E-state index contributed by atoms with van der Waals surface area (Å²) in [4.78, 5) is 11.5. The molecule has 0 aliphatic rings. The zero-order valence-electron chi connectivity index (χ0n) is 11.5. The summed E-state index contributed by atoms with van der Waals surface area (Å²) in [6, 6.07) is 4.62. The van der Waals surface area contributed by atoms with Gasteiger partial charge < -0.3 is 5.73 Å². The molecule has 2 rings (SSSR count). The van der Waals surface area contributed by atoms with Gasteiger partial charge in [0.15, 0.2) is 5.16 Å². The van der Waals surface area contributed by atoms with Crippen LogP contribution in [0.1, 0.15) is 18.1 Å². The van der Waals surface area contributed by atoms with Gasteiger partial charge in [0.1, 0.15) is 5.82 Å². The van der Waals surface area contributed by atoms with Gasteiger partial charge in [-0.1, -0.05) is 23.6 Å². The Morgan fingerprint density at radius 3 is 3.00 bits per heavy atom. The van der Waals surface area contributed by atoms with E-state index < -0.39 is 0 Å². The highest BCUT2D eigenvalue weighted by molar-refractivity contribution is 7.98. The van der Waals surface area contributed by atoms with Crippen LogP contribution >= 0.6 is 11.8 Å². The lowest BCUT2D eigenvalue weighted by Gasteiger charge is -2.04. The zero-order chi connectivity index (χ0) is 15.2. The van der Waals surface area contributed by atoms with Crippen molar-refractivity contribution in [3.05, 3.63) is 45.6 Å². The number of nitrogens with two attached hydrogens (primary N) is 1. The van der Waals surface area contributed by atoms with E-state index >= 15 is 0 Å². The molecular formula is C14H15FN4OS. The van der Waals surface area contributed by atoms with Crippen LogP contribution in [-0.2, 0) is 12.3 Å². The van der Waals surface area contributed by atoms with Gasteiger partial charge in [0.2, 0.25) is 0 Å². The number of aromatic nitrogens is 3. The molecule has 0 aliphatic carbocycles. The van der Waals surface area contributed by atoms with Crippen LogP contribution in [-0.4, -0.2) is 21.3 Å². The minimum absolute atomic E-state index is 0.233. The quantitative estimate of drug-likeness (QED) is 0.660. The molecule has 21 heavy (non-hydrogen) atoms. The van der Waals surface area contributed by atoms with Crippen molar-refractivity contribution in [1.29, 1.82) is 0 Å². The standard InChI is InChI=1S/C14H15FN4OS/c1-2-19-13(20)17-18-14(19)21-9-11-6-10(4-3-5-16)7-12(15)8-11/h6-8H,2,5,9,16H2,1H3,(H,17,20). The molecule has 0 saturated heterocycles. The Morgan fingerprint density at radius 2 is 2.29 bits per heavy atom. The molecule has 0 unspecified atom stereocenters. The molecule has 0 bridgehead atoms. The van der Waals surface area contributed by atoms with Gasteiger partial charge in [0.05, 0.1) is 6.54 Å². The Hall–Kier alpha value is -2.04. The number of hydrogen-bond acceptors (Lipinski definition) is 4. The average molecular weight is 306 g/mol. The predicted molar refractivity (Wildman–Crippen MR) is 80.4 cm³/mol. The number of benzene rings is 1. The van der Waals surface area contributed by atoms with Crippen molar-refractivity contribution in [2.24, 2.45) is 5.73 Å². The summed E-state index contributed by atoms with van der Waals surface area (Å²) < 4.78 is 15.1. The number of nitrogens with zero attached hydrogens (tertiary/aromatic N) is 2. The minimum atomic E-state index is -0.343. The molecule has 0 fully saturated rings. The van der Waals surface area contributed by atoms with Crippen LogP contribution in [0.5, 0.6) is 0 Å². The SMILES string of the molecule is CCn1c(SCc2cc(F)cc(C#CCN)c2)n[nH]c1=O. The smallest absolute Gasteiger partial charge is 0.320 e. The molecule has 110 valence electrons. The molecule has 0 spiro atoms. The molecule has 0 amide bonds. The lowest BCUT2D eigenvalue weighted by atomic mass is 10.1. The molecule has 7 heteroatoms. The topological polar surface area (TPSA) is 76.7 Å². The van der Waals surface area contributed by atoms with E-state index in [0.717, 1.165) is 5.56 Å². The molecule has 1 aromatic carbocycles. The number of aromatic amines is 1. The van der Waals surface area contributed by atoms with Crippen molar-refractivity contribution in [3.63, 3.8) is 0 Å². The summed E-state index contributed by atoms with van der Waals surface area (Å²) in [6.07, 6.45) is 0. The Bertz CT molecular complexity index is 741. The first-order valence-corrected chi connectivity index (χ1v) is 7.39. The number of halogens is 1. The third-order valence-electron chi connectivity index (χ3n) is 2.70. The molecule has 0 radical (unpaired) electrons. The van der Waals surface area contributed by atoms with Crippen LogP contribution in [0, 0.1) is 17.7 Å². The summed E-state index contributed by atoms with van der Waals surface area (Å²) in [5.74, 6) is 5.66. The van der Waals surface area contributed by atoms with E-state index in [1.165, 1.54) is 28.5 Å². The summed E-state index contributed by atoms with van der Waals surface area (Å²) in [5.41, 5.74) is 6.43. The lowest BCUT2D eigenvalue weighted by Crippen LogP contribution is -2.16. The molecular weight excluding hydrogens is 291 g/mol. The minimum Gasteiger partial charge on any atom is -0.320 e. The maximum Gasteiger partial charge on any atom is 0.343 e. The predicted octanol–water partition coefficient (Wildman–Crippen LogP) is 1.33. The maximum absolute atomic E-state index is 13.5. The second-order valence-corrected chi connectivity index (χ2v) is 5.14. The van der Waals surface area contributed by atoms with Crippen molar-refractivity contribution in [2.75, 3.05) is 6.54 Å². The number of thioether (sulfide) groups is 1. The van der Waals surface area contributed by atoms with E-state index in [-0.39, 0.29) is 18.1 Å². The van der Waals surface area contributed by atoms with Crippen molar-refractivity contribution >= 4 is 11.8 Å². The van der Waals surface area contributed by atoms with Crippen molar-refractivity contribution in [3.8, 4) is 11.8 Å². The Kier molecular flexibility index (Phi) is 5.20. The van der Waals surface area contributed by atoms with Crippen LogP contribution in [0.25, 0.3) is 0 Å². The second kappa shape index (κ2) is 7.11. The first-order valence-electron chi connectivity index (χ1n) is 6.40. The van der Waals surface area contributed by atoms with Gasteiger partial charge in [-0.05, 0) is 30.7 Å². The Morgan fingerprint density at radius 1 is 1.48 bits per heavy atom. The third-order valence-corrected chi connectivity index (χ3v) is 3.75. The second-order valence-electron chi connectivity index (χ2n) is 4.20. The molecule has 1 aromatic heterocycles. The third kappa shape index (κ3) is 3.97. The van der Waals surface area contributed by atoms with Crippen molar-refractivity contribution in [2.45, 2.75) is 24.4 Å². The average Bonchev–Trinajstić information content (AvgIpc) is 2.82. The number of rotatable bonds is 4. The highest BCUT2D eigenvalue weighted by atomic mass is 32.2. The van der Waals surface area contributed by atoms with E-state index in [1.54, 1.807) is 6.07 Å². The first-order chi connectivity index (χ1) is 10.1. The number of hydrogen-bond donors (Lipinski definition) is 2. The van der Waals surface area contributed by atoms with Gasteiger partial charge in [0.25, 0.3) is 0 Å². The van der Waals surface area contributed by atoms with E-state index in [2.05, 4.69) is 22.0 Å². The Labute approximate surface area is 125 Å². The number of H-pyrrole nitrogens is 1. The van der Waals surface area contributed by atoms with Crippen LogP contribution < -0.4 is 11.4 Å². The van der Waals surface area contributed by atoms with Crippen LogP contribution in [0.15, 0.2) is 28.2 Å². The van der Waals surface area contributed by atoms with Crippen LogP contribution in [0.2, 0.25) is 0 Å². The molecule has 5 nitrogen and oxygen atoms in total. The fraction of sp³-hybridized carbons (Fsp3) is 0.286. The largest absolute Gasteiger partial charge is 0.343 e. The van der Waals surface area contributed by atoms with Crippen LogP contribution in [0.4, 0.5) is 4.39 Å². The highest BCUT2D eigenvalue weighted by Crippen LogP contribution is 2.21. The molecule has 0 atom stereocenters. The summed E-state index contributed by atoms with van der Waals surface area (Å²) >= 11 is 1.37. The highest BCUT2D eigenvalue weighted by Gasteiger charge is 2.08. The van der Waals surface area contributed by atoms with E-state index in [9.17, 15) is 9.18 Å². The van der Waals surface area contributed by atoms with Gasteiger partial charge in [-0.25, -0.2) is 14.3 Å². The zero-order valence-corrected chi connectivity index (χ0v) is 12.3. The molecule has 3 N–H and O–H groups in total. The molecule has 0 saturated carbocycles. The summed E-state index contributed by atoms with van der Waals surface area (Å²) in [6.45, 7) is 2.63. The van der Waals surface area contributed by atoms with E-state index in [1.807, 2.05) is 6.92 Å². The van der Waals surface area contributed by atoms with Gasteiger partial charge in [-0.2, -0.15) is 0 Å². The fourth-order valence-corrected chi connectivity index (χ4v) is 2.74. The molecule has 2 aromatic rings. The van der Waals surface area contributed by atoms with Gasteiger partial charge >= 0.3 is 5.69 Å². The monoisotopic (exact) mass is 306 g/mol.